The average molecular weight is 245 g/mol. The highest BCUT2D eigenvalue weighted by Crippen LogP contribution is 2.14. The number of nitrogens with one attached hydrogen (secondary N) is 1. The summed E-state index contributed by atoms with van der Waals surface area (Å²) in [6.07, 6.45) is 0.973. The molecule has 0 atom stereocenters. The first-order valence-corrected chi connectivity index (χ1v) is 6.58. The SMILES string of the molecule is Cn1c(CCNCC(C)(C)C)nc2ccccc21. The summed E-state index contributed by atoms with van der Waals surface area (Å²) >= 11 is 0. The molecule has 2 aromatic rings. The largest absolute Gasteiger partial charge is 0.331 e. The molecular weight excluding hydrogens is 222 g/mol. The Morgan fingerprint density at radius 1 is 1.22 bits per heavy atom. The van der Waals surface area contributed by atoms with Crippen molar-refractivity contribution in [1.29, 1.82) is 0 Å². The first-order valence-electron chi connectivity index (χ1n) is 6.58. The zero-order valence-electron chi connectivity index (χ0n) is 11.8. The molecule has 1 aromatic carbocycles. The van der Waals surface area contributed by atoms with Gasteiger partial charge < -0.3 is 9.88 Å². The van der Waals surface area contributed by atoms with Gasteiger partial charge in [0, 0.05) is 26.6 Å². The quantitative estimate of drug-likeness (QED) is 0.839. The molecule has 0 spiro atoms. The maximum absolute atomic E-state index is 4.67. The number of para-hydroxylation sites is 2. The summed E-state index contributed by atoms with van der Waals surface area (Å²) in [7, 11) is 2.09. The normalized spacial score (nSPS) is 12.2. The van der Waals surface area contributed by atoms with Crippen molar-refractivity contribution in [3.8, 4) is 0 Å². The second-order valence-corrected chi connectivity index (χ2v) is 6.06. The van der Waals surface area contributed by atoms with Crippen molar-refractivity contribution in [2.75, 3.05) is 13.1 Å². The Bertz CT molecular complexity index is 520. The highest BCUT2D eigenvalue weighted by molar-refractivity contribution is 5.75. The van der Waals surface area contributed by atoms with Gasteiger partial charge in [0.25, 0.3) is 0 Å². The topological polar surface area (TPSA) is 29.9 Å². The fraction of sp³-hybridized carbons (Fsp3) is 0.533. The highest BCUT2D eigenvalue weighted by atomic mass is 15.1. The molecule has 0 unspecified atom stereocenters. The van der Waals surface area contributed by atoms with E-state index in [1.54, 1.807) is 0 Å². The Balaban J connectivity index is 1.98. The first-order chi connectivity index (χ1) is 8.47. The molecule has 1 heterocycles. The van der Waals surface area contributed by atoms with Crippen molar-refractivity contribution < 1.29 is 0 Å². The third-order valence-electron chi connectivity index (χ3n) is 3.06. The van der Waals surface area contributed by atoms with E-state index in [2.05, 4.69) is 60.9 Å². The lowest BCUT2D eigenvalue weighted by atomic mass is 9.97. The molecule has 0 aliphatic heterocycles. The lowest BCUT2D eigenvalue weighted by Crippen LogP contribution is -2.28. The summed E-state index contributed by atoms with van der Waals surface area (Å²) in [6, 6.07) is 8.29. The molecule has 98 valence electrons. The zero-order valence-corrected chi connectivity index (χ0v) is 11.8. The Morgan fingerprint density at radius 2 is 1.94 bits per heavy atom. The molecule has 0 saturated carbocycles. The molecule has 0 saturated heterocycles. The summed E-state index contributed by atoms with van der Waals surface area (Å²) in [5.74, 6) is 1.15. The van der Waals surface area contributed by atoms with Crippen LogP contribution >= 0.6 is 0 Å². The van der Waals surface area contributed by atoms with Crippen molar-refractivity contribution in [3.05, 3.63) is 30.1 Å². The lowest BCUT2D eigenvalue weighted by Gasteiger charge is -2.18. The minimum Gasteiger partial charge on any atom is -0.331 e. The van der Waals surface area contributed by atoms with Crippen LogP contribution in [0.5, 0.6) is 0 Å². The van der Waals surface area contributed by atoms with Gasteiger partial charge in [0.15, 0.2) is 0 Å². The minimum atomic E-state index is 0.340. The van der Waals surface area contributed by atoms with E-state index in [0.717, 1.165) is 30.9 Å². The monoisotopic (exact) mass is 245 g/mol. The van der Waals surface area contributed by atoms with Gasteiger partial charge in [-0.1, -0.05) is 32.9 Å². The van der Waals surface area contributed by atoms with E-state index in [-0.39, 0.29) is 0 Å². The summed E-state index contributed by atoms with van der Waals surface area (Å²) < 4.78 is 2.19. The van der Waals surface area contributed by atoms with Crippen LogP contribution in [0, 0.1) is 5.41 Å². The van der Waals surface area contributed by atoms with Crippen LogP contribution in [0.15, 0.2) is 24.3 Å². The number of fused-ring (bicyclic) bond motifs is 1. The maximum atomic E-state index is 4.67. The number of hydrogen-bond donors (Lipinski definition) is 1. The van der Waals surface area contributed by atoms with Gasteiger partial charge in [0.05, 0.1) is 11.0 Å². The molecule has 0 amide bonds. The van der Waals surface area contributed by atoms with E-state index < -0.39 is 0 Å². The van der Waals surface area contributed by atoms with Gasteiger partial charge in [-0.25, -0.2) is 4.98 Å². The van der Waals surface area contributed by atoms with Crippen LogP contribution in [0.4, 0.5) is 0 Å². The van der Waals surface area contributed by atoms with Crippen LogP contribution in [0.25, 0.3) is 11.0 Å². The Hall–Kier alpha value is -1.35. The van der Waals surface area contributed by atoms with Gasteiger partial charge in [-0.15, -0.1) is 0 Å². The predicted molar refractivity (Wildman–Crippen MR) is 76.7 cm³/mol. The van der Waals surface area contributed by atoms with Crippen molar-refractivity contribution in [2.45, 2.75) is 27.2 Å². The van der Waals surface area contributed by atoms with Crippen LogP contribution in [0.3, 0.4) is 0 Å². The van der Waals surface area contributed by atoms with Crippen molar-refractivity contribution in [3.63, 3.8) is 0 Å². The molecule has 0 radical (unpaired) electrons. The zero-order chi connectivity index (χ0) is 13.2. The number of imidazole rings is 1. The molecule has 3 nitrogen and oxygen atoms in total. The van der Waals surface area contributed by atoms with Gasteiger partial charge >= 0.3 is 0 Å². The van der Waals surface area contributed by atoms with Crippen LogP contribution in [-0.4, -0.2) is 22.6 Å². The van der Waals surface area contributed by atoms with Gasteiger partial charge in [-0.2, -0.15) is 0 Å². The molecule has 0 fully saturated rings. The predicted octanol–water partition coefficient (Wildman–Crippen LogP) is 2.75. The van der Waals surface area contributed by atoms with Crippen molar-refractivity contribution in [1.82, 2.24) is 14.9 Å². The molecule has 2 rings (SSSR count). The Kier molecular flexibility index (Phi) is 3.71. The number of aryl methyl sites for hydroxylation is 1. The van der Waals surface area contributed by atoms with Gasteiger partial charge in [0.1, 0.15) is 5.82 Å². The molecule has 0 aliphatic rings. The number of hydrogen-bond acceptors (Lipinski definition) is 2. The summed E-state index contributed by atoms with van der Waals surface area (Å²) in [5, 5.41) is 3.49. The number of nitrogens with zero attached hydrogens (tertiary/aromatic N) is 2. The number of benzene rings is 1. The van der Waals surface area contributed by atoms with E-state index in [1.165, 1.54) is 5.52 Å². The van der Waals surface area contributed by atoms with Gasteiger partial charge in [0.2, 0.25) is 0 Å². The number of rotatable bonds is 4. The summed E-state index contributed by atoms with van der Waals surface area (Å²) in [6.45, 7) is 8.75. The first kappa shape index (κ1) is 13.1. The van der Waals surface area contributed by atoms with E-state index in [4.69, 9.17) is 0 Å². The molecule has 3 heteroatoms. The van der Waals surface area contributed by atoms with Crippen LogP contribution in [-0.2, 0) is 13.5 Å². The average Bonchev–Trinajstić information content (AvgIpc) is 2.62. The Morgan fingerprint density at radius 3 is 2.61 bits per heavy atom. The van der Waals surface area contributed by atoms with Crippen molar-refractivity contribution >= 4 is 11.0 Å². The fourth-order valence-electron chi connectivity index (χ4n) is 2.08. The third-order valence-corrected chi connectivity index (χ3v) is 3.06. The van der Waals surface area contributed by atoms with E-state index in [0.29, 0.717) is 5.41 Å². The van der Waals surface area contributed by atoms with Crippen molar-refractivity contribution in [2.24, 2.45) is 12.5 Å². The maximum Gasteiger partial charge on any atom is 0.110 e. The molecule has 18 heavy (non-hydrogen) atoms. The van der Waals surface area contributed by atoms with Gasteiger partial charge in [-0.05, 0) is 17.5 Å². The van der Waals surface area contributed by atoms with Crippen LogP contribution < -0.4 is 5.32 Å². The Labute approximate surface area is 109 Å². The van der Waals surface area contributed by atoms with E-state index in [1.807, 2.05) is 6.07 Å². The highest BCUT2D eigenvalue weighted by Gasteiger charge is 2.10. The number of aromatic nitrogens is 2. The molecule has 0 bridgehead atoms. The summed E-state index contributed by atoms with van der Waals surface area (Å²) in [4.78, 5) is 4.67. The molecular formula is C15H23N3. The second-order valence-electron chi connectivity index (χ2n) is 6.06. The molecule has 1 aromatic heterocycles. The molecule has 0 aliphatic carbocycles. The summed E-state index contributed by atoms with van der Waals surface area (Å²) in [5.41, 5.74) is 2.64. The van der Waals surface area contributed by atoms with Gasteiger partial charge in [-0.3, -0.25) is 0 Å². The minimum absolute atomic E-state index is 0.340. The van der Waals surface area contributed by atoms with Crippen LogP contribution in [0.2, 0.25) is 0 Å². The third kappa shape index (κ3) is 3.10. The lowest BCUT2D eigenvalue weighted by molar-refractivity contribution is 0.380. The smallest absolute Gasteiger partial charge is 0.110 e. The van der Waals surface area contributed by atoms with E-state index >= 15 is 0 Å². The fourth-order valence-corrected chi connectivity index (χ4v) is 2.08. The van der Waals surface area contributed by atoms with E-state index in [9.17, 15) is 0 Å². The second kappa shape index (κ2) is 5.11. The standard InChI is InChI=1S/C15H23N3/c1-15(2,3)11-16-10-9-14-17-12-7-5-6-8-13(12)18(14)4/h5-8,16H,9-11H2,1-4H3. The van der Waals surface area contributed by atoms with Crippen LogP contribution in [0.1, 0.15) is 26.6 Å². The molecule has 1 N–H and O–H groups in total.